The molecule has 0 aliphatic rings. The zero-order valence-corrected chi connectivity index (χ0v) is 18.1. The number of hydrogen-bond acceptors (Lipinski definition) is 1. The molecule has 0 aromatic heterocycles. The van der Waals surface area contributed by atoms with Gasteiger partial charge in [0.05, 0.1) is 5.60 Å². The highest BCUT2D eigenvalue weighted by atomic mass is 79.9. The highest BCUT2D eigenvalue weighted by Crippen LogP contribution is 2.38. The Morgan fingerprint density at radius 1 is 0.586 bits per heavy atom. The maximum Gasteiger partial charge on any atom is 0.0846 e. The predicted octanol–water partition coefficient (Wildman–Crippen LogP) is 7.68. The molecule has 0 amide bonds. The van der Waals surface area contributed by atoms with E-state index in [1.54, 1.807) is 0 Å². The molecule has 4 rings (SSSR count). The highest BCUT2D eigenvalue weighted by Gasteiger charge is 2.22. The van der Waals surface area contributed by atoms with Crippen LogP contribution in [0.25, 0.3) is 33.4 Å². The summed E-state index contributed by atoms with van der Waals surface area (Å²) in [6.45, 7) is 3.66. The van der Waals surface area contributed by atoms with Gasteiger partial charge in [0.15, 0.2) is 0 Å². The molecule has 0 spiro atoms. The summed E-state index contributed by atoms with van der Waals surface area (Å²) in [6.07, 6.45) is 0. The van der Waals surface area contributed by atoms with E-state index in [9.17, 15) is 5.11 Å². The van der Waals surface area contributed by atoms with E-state index < -0.39 is 5.60 Å². The Hall–Kier alpha value is -2.68. The van der Waals surface area contributed by atoms with Crippen LogP contribution in [0.4, 0.5) is 0 Å². The molecule has 0 atom stereocenters. The van der Waals surface area contributed by atoms with Gasteiger partial charge in [-0.25, -0.2) is 0 Å². The molecule has 0 saturated heterocycles. The monoisotopic (exact) mass is 442 g/mol. The molecule has 0 radical (unpaired) electrons. The minimum absolute atomic E-state index is 0.899. The minimum Gasteiger partial charge on any atom is -0.386 e. The van der Waals surface area contributed by atoms with Gasteiger partial charge in [-0.15, -0.1) is 0 Å². The molecule has 0 saturated carbocycles. The second-order valence-corrected chi connectivity index (χ2v) is 8.70. The lowest BCUT2D eigenvalue weighted by molar-refractivity contribution is 0.0791. The molecule has 0 aliphatic heterocycles. The Labute approximate surface area is 180 Å². The number of halogens is 1. The van der Waals surface area contributed by atoms with Crippen molar-refractivity contribution in [3.8, 4) is 33.4 Å². The van der Waals surface area contributed by atoms with Crippen LogP contribution < -0.4 is 0 Å². The molecule has 29 heavy (non-hydrogen) atoms. The van der Waals surface area contributed by atoms with Gasteiger partial charge in [0.25, 0.3) is 0 Å². The first-order chi connectivity index (χ1) is 13.9. The fourth-order valence-corrected chi connectivity index (χ4v) is 4.01. The number of hydrogen-bond donors (Lipinski definition) is 1. The van der Waals surface area contributed by atoms with Crippen LogP contribution in [0, 0.1) is 0 Å². The molecule has 0 heterocycles. The fourth-order valence-electron chi connectivity index (χ4n) is 3.65. The molecule has 144 valence electrons. The van der Waals surface area contributed by atoms with Gasteiger partial charge in [-0.1, -0.05) is 82.7 Å². The summed E-state index contributed by atoms with van der Waals surface area (Å²) in [5.74, 6) is 0. The van der Waals surface area contributed by atoms with Crippen molar-refractivity contribution in [2.75, 3.05) is 0 Å². The van der Waals surface area contributed by atoms with Crippen molar-refractivity contribution in [2.45, 2.75) is 19.4 Å². The van der Waals surface area contributed by atoms with Crippen LogP contribution in [0.2, 0.25) is 0 Å². The zero-order chi connectivity index (χ0) is 20.4. The van der Waals surface area contributed by atoms with Gasteiger partial charge in [0.2, 0.25) is 0 Å². The largest absolute Gasteiger partial charge is 0.386 e. The van der Waals surface area contributed by atoms with Crippen LogP contribution in [0.15, 0.2) is 102 Å². The molecule has 0 unspecified atom stereocenters. The molecule has 0 fully saturated rings. The SMILES string of the molecule is CC(C)(O)c1cc(Br)ccc1-c1cc(-c2ccccc2)cc(-c2ccccc2)c1. The van der Waals surface area contributed by atoms with E-state index in [-0.39, 0.29) is 0 Å². The van der Waals surface area contributed by atoms with Crippen LogP contribution in [0.1, 0.15) is 19.4 Å². The van der Waals surface area contributed by atoms with E-state index >= 15 is 0 Å². The van der Waals surface area contributed by atoms with Crippen LogP contribution >= 0.6 is 15.9 Å². The lowest BCUT2D eigenvalue weighted by atomic mass is 9.87. The van der Waals surface area contributed by atoms with Crippen LogP contribution in [0.3, 0.4) is 0 Å². The van der Waals surface area contributed by atoms with Crippen molar-refractivity contribution < 1.29 is 5.11 Å². The highest BCUT2D eigenvalue weighted by molar-refractivity contribution is 9.10. The molecular weight excluding hydrogens is 420 g/mol. The van der Waals surface area contributed by atoms with Gasteiger partial charge in [0.1, 0.15) is 0 Å². The lowest BCUT2D eigenvalue weighted by Crippen LogP contribution is -2.16. The Bertz CT molecular complexity index is 1070. The second-order valence-electron chi connectivity index (χ2n) is 7.78. The number of rotatable bonds is 4. The Kier molecular flexibility index (Phi) is 5.40. The molecular formula is C27H23BrO. The van der Waals surface area contributed by atoms with E-state index in [0.29, 0.717) is 0 Å². The average molecular weight is 443 g/mol. The lowest BCUT2D eigenvalue weighted by Gasteiger charge is -2.23. The molecule has 1 nitrogen and oxygen atoms in total. The smallest absolute Gasteiger partial charge is 0.0846 e. The predicted molar refractivity (Wildman–Crippen MR) is 126 cm³/mol. The Morgan fingerprint density at radius 3 is 1.55 bits per heavy atom. The minimum atomic E-state index is -0.950. The quantitative estimate of drug-likeness (QED) is 0.343. The zero-order valence-electron chi connectivity index (χ0n) is 16.6. The third-order valence-electron chi connectivity index (χ3n) is 5.10. The summed E-state index contributed by atoms with van der Waals surface area (Å²) in [5, 5.41) is 10.8. The van der Waals surface area contributed by atoms with Crippen LogP contribution in [-0.2, 0) is 5.60 Å². The normalized spacial score (nSPS) is 11.4. The van der Waals surface area contributed by atoms with Crippen molar-refractivity contribution in [1.29, 1.82) is 0 Å². The first-order valence-electron chi connectivity index (χ1n) is 9.70. The standard InChI is InChI=1S/C27H23BrO/c1-27(2,29)26-18-24(28)13-14-25(26)23-16-21(19-9-5-3-6-10-19)15-22(17-23)20-11-7-4-8-12-20/h3-18,29H,1-2H3. The summed E-state index contributed by atoms with van der Waals surface area (Å²) in [4.78, 5) is 0. The van der Waals surface area contributed by atoms with Crippen molar-refractivity contribution in [3.05, 3.63) is 107 Å². The average Bonchev–Trinajstić information content (AvgIpc) is 2.74. The molecule has 4 aromatic carbocycles. The van der Waals surface area contributed by atoms with Gasteiger partial charge in [-0.2, -0.15) is 0 Å². The van der Waals surface area contributed by atoms with Gasteiger partial charge >= 0.3 is 0 Å². The third-order valence-corrected chi connectivity index (χ3v) is 5.59. The molecule has 4 aromatic rings. The van der Waals surface area contributed by atoms with Gasteiger partial charge in [-0.3, -0.25) is 0 Å². The topological polar surface area (TPSA) is 20.2 Å². The van der Waals surface area contributed by atoms with E-state index in [1.165, 1.54) is 11.1 Å². The van der Waals surface area contributed by atoms with Gasteiger partial charge in [0, 0.05) is 4.47 Å². The molecule has 2 heteroatoms. The summed E-state index contributed by atoms with van der Waals surface area (Å²) >= 11 is 3.55. The molecule has 0 aliphatic carbocycles. The van der Waals surface area contributed by atoms with Crippen LogP contribution in [0.5, 0.6) is 0 Å². The van der Waals surface area contributed by atoms with Crippen molar-refractivity contribution in [3.63, 3.8) is 0 Å². The summed E-state index contributed by atoms with van der Waals surface area (Å²) in [5.41, 5.74) is 6.75. The van der Waals surface area contributed by atoms with Crippen LogP contribution in [-0.4, -0.2) is 5.11 Å². The first-order valence-corrected chi connectivity index (χ1v) is 10.5. The van der Waals surface area contributed by atoms with Crippen molar-refractivity contribution >= 4 is 15.9 Å². The summed E-state index contributed by atoms with van der Waals surface area (Å²) < 4.78 is 0.959. The van der Waals surface area contributed by atoms with Gasteiger partial charge in [-0.05, 0) is 83.1 Å². The van der Waals surface area contributed by atoms with Gasteiger partial charge < -0.3 is 5.11 Å². The number of aliphatic hydroxyl groups is 1. The second kappa shape index (κ2) is 7.98. The molecule has 1 N–H and O–H groups in total. The van der Waals surface area contributed by atoms with E-state index in [1.807, 2.05) is 38.1 Å². The summed E-state index contributed by atoms with van der Waals surface area (Å²) in [6, 6.07) is 33.6. The molecule has 0 bridgehead atoms. The Balaban J connectivity index is 1.97. The first kappa shape index (κ1) is 19.6. The number of benzene rings is 4. The maximum absolute atomic E-state index is 10.8. The van der Waals surface area contributed by atoms with E-state index in [0.717, 1.165) is 32.3 Å². The maximum atomic E-state index is 10.8. The van der Waals surface area contributed by atoms with E-state index in [2.05, 4.69) is 88.7 Å². The van der Waals surface area contributed by atoms with Crippen molar-refractivity contribution in [2.24, 2.45) is 0 Å². The summed E-state index contributed by atoms with van der Waals surface area (Å²) in [7, 11) is 0. The van der Waals surface area contributed by atoms with E-state index in [4.69, 9.17) is 0 Å². The Morgan fingerprint density at radius 2 is 1.07 bits per heavy atom. The third kappa shape index (κ3) is 4.34. The fraction of sp³-hybridized carbons (Fsp3) is 0.111. The van der Waals surface area contributed by atoms with Crippen molar-refractivity contribution in [1.82, 2.24) is 0 Å².